The molecule has 0 saturated carbocycles. The number of nitrogens with zero attached hydrogens (tertiary/aromatic N) is 1. The summed E-state index contributed by atoms with van der Waals surface area (Å²) in [6.07, 6.45) is 1.80. The maximum absolute atomic E-state index is 13.1. The average Bonchev–Trinajstić information content (AvgIpc) is 2.56. The molecule has 0 spiro atoms. The van der Waals surface area contributed by atoms with Crippen LogP contribution in [0.25, 0.3) is 21.9 Å². The van der Waals surface area contributed by atoms with Crippen molar-refractivity contribution < 1.29 is 4.39 Å². The van der Waals surface area contributed by atoms with E-state index >= 15 is 0 Å². The predicted octanol–water partition coefficient (Wildman–Crippen LogP) is 3.16. The van der Waals surface area contributed by atoms with E-state index in [1.807, 2.05) is 13.0 Å². The van der Waals surface area contributed by atoms with E-state index in [0.717, 1.165) is 27.5 Å². The van der Waals surface area contributed by atoms with Gasteiger partial charge in [0.25, 0.3) is 0 Å². The van der Waals surface area contributed by atoms with Gasteiger partial charge in [-0.1, -0.05) is 0 Å². The van der Waals surface area contributed by atoms with Gasteiger partial charge < -0.3 is 4.98 Å². The van der Waals surface area contributed by atoms with Gasteiger partial charge in [-0.05, 0) is 36.8 Å². The van der Waals surface area contributed by atoms with Gasteiger partial charge in [0.05, 0.1) is 0 Å². The first-order chi connectivity index (χ1) is 7.24. The Balaban J connectivity index is 2.55. The highest BCUT2D eigenvalue weighted by atomic mass is 19.1. The van der Waals surface area contributed by atoms with E-state index in [9.17, 15) is 4.39 Å². The molecule has 1 aromatic carbocycles. The molecule has 2 nitrogen and oxygen atoms in total. The van der Waals surface area contributed by atoms with E-state index in [0.29, 0.717) is 0 Å². The fourth-order valence-corrected chi connectivity index (χ4v) is 1.85. The Morgan fingerprint density at radius 3 is 2.93 bits per heavy atom. The van der Waals surface area contributed by atoms with Crippen LogP contribution in [0.5, 0.6) is 0 Å². The number of nitrogens with one attached hydrogen (secondary N) is 1. The summed E-state index contributed by atoms with van der Waals surface area (Å²) >= 11 is 0. The molecule has 0 atom stereocenters. The maximum Gasteiger partial charge on any atom is 0.138 e. The first-order valence-corrected chi connectivity index (χ1v) is 4.77. The van der Waals surface area contributed by atoms with Crippen LogP contribution in [0.4, 0.5) is 4.39 Å². The van der Waals surface area contributed by atoms with Gasteiger partial charge in [-0.25, -0.2) is 9.37 Å². The third kappa shape index (κ3) is 1.20. The van der Waals surface area contributed by atoms with Crippen LogP contribution in [0.2, 0.25) is 0 Å². The average molecular weight is 200 g/mol. The van der Waals surface area contributed by atoms with Gasteiger partial charge in [0, 0.05) is 22.5 Å². The molecule has 0 aliphatic carbocycles. The number of halogens is 1. The van der Waals surface area contributed by atoms with Crippen molar-refractivity contribution in [2.24, 2.45) is 0 Å². The molecule has 2 heterocycles. The smallest absolute Gasteiger partial charge is 0.138 e. The molecular weight excluding hydrogens is 191 g/mol. The summed E-state index contributed by atoms with van der Waals surface area (Å²) in [6.45, 7) is 1.98. The zero-order valence-electron chi connectivity index (χ0n) is 8.21. The summed E-state index contributed by atoms with van der Waals surface area (Å²) in [6, 6.07) is 6.74. The van der Waals surface area contributed by atoms with E-state index in [1.54, 1.807) is 12.3 Å². The molecule has 0 fully saturated rings. The van der Waals surface area contributed by atoms with Gasteiger partial charge in [-0.2, -0.15) is 0 Å². The van der Waals surface area contributed by atoms with Crippen molar-refractivity contribution in [1.82, 2.24) is 9.97 Å². The molecule has 1 N–H and O–H groups in total. The molecule has 3 heteroatoms. The van der Waals surface area contributed by atoms with E-state index in [1.165, 1.54) is 12.1 Å². The lowest BCUT2D eigenvalue weighted by Crippen LogP contribution is -1.77. The van der Waals surface area contributed by atoms with Crippen molar-refractivity contribution in [3.8, 4) is 0 Å². The van der Waals surface area contributed by atoms with Gasteiger partial charge in [0.1, 0.15) is 11.5 Å². The highest BCUT2D eigenvalue weighted by Gasteiger charge is 2.05. The Morgan fingerprint density at radius 1 is 1.20 bits per heavy atom. The lowest BCUT2D eigenvalue weighted by molar-refractivity contribution is 0.630. The Kier molecular flexibility index (Phi) is 1.57. The Morgan fingerprint density at radius 2 is 2.07 bits per heavy atom. The lowest BCUT2D eigenvalue weighted by Gasteiger charge is -1.92. The van der Waals surface area contributed by atoms with Crippen molar-refractivity contribution in [2.45, 2.75) is 6.92 Å². The number of pyridine rings is 1. The van der Waals surface area contributed by atoms with E-state index in [2.05, 4.69) is 9.97 Å². The van der Waals surface area contributed by atoms with Crippen molar-refractivity contribution in [3.05, 3.63) is 41.8 Å². The fraction of sp³-hybridized carbons (Fsp3) is 0.0833. The Hall–Kier alpha value is -1.90. The molecule has 2 aromatic heterocycles. The van der Waals surface area contributed by atoms with Crippen LogP contribution in [-0.4, -0.2) is 9.97 Å². The molecule has 0 aliphatic rings. The summed E-state index contributed by atoms with van der Waals surface area (Å²) in [5, 5.41) is 1.87. The van der Waals surface area contributed by atoms with Crippen LogP contribution < -0.4 is 0 Å². The summed E-state index contributed by atoms with van der Waals surface area (Å²) in [5.74, 6) is -0.218. The van der Waals surface area contributed by atoms with Crippen molar-refractivity contribution in [3.63, 3.8) is 0 Å². The van der Waals surface area contributed by atoms with E-state index < -0.39 is 0 Å². The third-order valence-corrected chi connectivity index (χ3v) is 2.55. The van der Waals surface area contributed by atoms with Crippen molar-refractivity contribution in [1.29, 1.82) is 0 Å². The van der Waals surface area contributed by atoms with Crippen molar-refractivity contribution in [2.75, 3.05) is 0 Å². The van der Waals surface area contributed by atoms with Gasteiger partial charge in [-0.3, -0.25) is 0 Å². The maximum atomic E-state index is 13.1. The largest absolute Gasteiger partial charge is 0.339 e. The summed E-state index contributed by atoms with van der Waals surface area (Å²) in [4.78, 5) is 7.42. The zero-order valence-corrected chi connectivity index (χ0v) is 8.21. The summed E-state index contributed by atoms with van der Waals surface area (Å²) < 4.78 is 13.1. The van der Waals surface area contributed by atoms with Crippen LogP contribution in [0, 0.1) is 12.7 Å². The number of aryl methyl sites for hydroxylation is 1. The lowest BCUT2D eigenvalue weighted by atomic mass is 10.1. The van der Waals surface area contributed by atoms with Crippen LogP contribution in [0.3, 0.4) is 0 Å². The highest BCUT2D eigenvalue weighted by molar-refractivity contribution is 6.05. The molecule has 0 amide bonds. The monoisotopic (exact) mass is 200 g/mol. The third-order valence-electron chi connectivity index (χ3n) is 2.55. The number of aromatic amines is 1. The minimum atomic E-state index is -0.218. The molecule has 0 saturated heterocycles. The van der Waals surface area contributed by atoms with Crippen molar-refractivity contribution >= 4 is 21.9 Å². The molecule has 15 heavy (non-hydrogen) atoms. The van der Waals surface area contributed by atoms with Gasteiger partial charge in [0.2, 0.25) is 0 Å². The highest BCUT2D eigenvalue weighted by Crippen LogP contribution is 2.25. The van der Waals surface area contributed by atoms with Crippen LogP contribution in [0.15, 0.2) is 30.5 Å². The molecule has 0 aliphatic heterocycles. The molecular formula is C12H9FN2. The number of aromatic nitrogens is 2. The SMILES string of the molecule is Cc1cnc2[nH]c3ccc(F)cc3c2c1. The number of fused-ring (bicyclic) bond motifs is 3. The minimum absolute atomic E-state index is 0.218. The second-order valence-corrected chi connectivity index (χ2v) is 3.72. The second kappa shape index (κ2) is 2.79. The van der Waals surface area contributed by atoms with Gasteiger partial charge >= 0.3 is 0 Å². The van der Waals surface area contributed by atoms with Crippen LogP contribution >= 0.6 is 0 Å². The molecule has 3 aromatic rings. The topological polar surface area (TPSA) is 28.7 Å². The number of hydrogen-bond acceptors (Lipinski definition) is 1. The molecule has 3 rings (SSSR count). The molecule has 0 radical (unpaired) electrons. The Labute approximate surface area is 85.8 Å². The number of H-pyrrole nitrogens is 1. The minimum Gasteiger partial charge on any atom is -0.339 e. The second-order valence-electron chi connectivity index (χ2n) is 3.72. The Bertz CT molecular complexity index is 599. The van der Waals surface area contributed by atoms with Crippen LogP contribution in [0.1, 0.15) is 5.56 Å². The van der Waals surface area contributed by atoms with E-state index in [4.69, 9.17) is 0 Å². The summed E-state index contributed by atoms with van der Waals surface area (Å²) in [7, 11) is 0. The number of hydrogen-bond donors (Lipinski definition) is 1. The number of benzene rings is 1. The zero-order chi connectivity index (χ0) is 10.4. The van der Waals surface area contributed by atoms with Gasteiger partial charge in [0.15, 0.2) is 0 Å². The molecule has 0 bridgehead atoms. The summed E-state index contributed by atoms with van der Waals surface area (Å²) in [5.41, 5.74) is 2.80. The number of rotatable bonds is 0. The molecule has 74 valence electrons. The fourth-order valence-electron chi connectivity index (χ4n) is 1.85. The first-order valence-electron chi connectivity index (χ1n) is 4.77. The van der Waals surface area contributed by atoms with Gasteiger partial charge in [-0.15, -0.1) is 0 Å². The standard InChI is InChI=1S/C12H9FN2/c1-7-4-10-9-5-8(13)2-3-11(9)15-12(10)14-6-7/h2-6H,1H3,(H,14,15). The van der Waals surface area contributed by atoms with Crippen LogP contribution in [-0.2, 0) is 0 Å². The van der Waals surface area contributed by atoms with E-state index in [-0.39, 0.29) is 5.82 Å². The quantitative estimate of drug-likeness (QED) is 0.593. The molecule has 0 unspecified atom stereocenters. The predicted molar refractivity (Wildman–Crippen MR) is 58.3 cm³/mol. The normalized spacial score (nSPS) is 11.3. The first kappa shape index (κ1) is 8.41.